The van der Waals surface area contributed by atoms with Crippen LogP contribution in [0.15, 0.2) is 53.4 Å². The first-order valence-electron chi connectivity index (χ1n) is 8.50. The van der Waals surface area contributed by atoms with Crippen molar-refractivity contribution < 1.29 is 14.3 Å². The Morgan fingerprint density at radius 2 is 1.89 bits per heavy atom. The number of amides is 2. The Morgan fingerprint density at radius 1 is 1.11 bits per heavy atom. The zero-order valence-electron chi connectivity index (χ0n) is 15.1. The van der Waals surface area contributed by atoms with E-state index in [9.17, 15) is 9.59 Å². The summed E-state index contributed by atoms with van der Waals surface area (Å²) in [5, 5.41) is 0. The van der Waals surface area contributed by atoms with Gasteiger partial charge in [-0.05, 0) is 36.4 Å². The Labute approximate surface area is 162 Å². The molecule has 8 heteroatoms. The van der Waals surface area contributed by atoms with Gasteiger partial charge in [-0.2, -0.15) is 0 Å². The zero-order chi connectivity index (χ0) is 19.2. The number of nitrogens with one attached hydrogen (secondary N) is 4. The van der Waals surface area contributed by atoms with Crippen LogP contribution in [-0.4, -0.2) is 31.2 Å². The summed E-state index contributed by atoms with van der Waals surface area (Å²) in [6.07, 6.45) is 2.53. The first-order valence-corrected chi connectivity index (χ1v) is 9.73. The van der Waals surface area contributed by atoms with Crippen molar-refractivity contribution in [2.45, 2.75) is 23.4 Å². The molecule has 2 amide bonds. The van der Waals surface area contributed by atoms with Crippen molar-refractivity contribution in [1.29, 1.82) is 0 Å². The van der Waals surface area contributed by atoms with Crippen molar-refractivity contribution >= 4 is 23.6 Å². The summed E-state index contributed by atoms with van der Waals surface area (Å²) in [6, 6.07) is 14.8. The third-order valence-corrected chi connectivity index (χ3v) is 5.10. The molecule has 142 valence electrons. The first kappa shape index (κ1) is 19.2. The van der Waals surface area contributed by atoms with Gasteiger partial charge in [0.25, 0.3) is 11.8 Å². The Bertz CT molecular complexity index is 816. The second kappa shape index (κ2) is 8.90. The minimum atomic E-state index is -0.448. The lowest BCUT2D eigenvalue weighted by atomic mass is 10.0. The number of carbonyl (C=O) groups is 2. The summed E-state index contributed by atoms with van der Waals surface area (Å²) < 4.78 is 5.27. The average molecular weight is 386 g/mol. The molecule has 1 aliphatic rings. The fourth-order valence-electron chi connectivity index (χ4n) is 2.89. The normalized spacial score (nSPS) is 18.7. The van der Waals surface area contributed by atoms with Gasteiger partial charge in [-0.25, -0.2) is 10.9 Å². The topological polar surface area (TPSA) is 91.5 Å². The zero-order valence-corrected chi connectivity index (χ0v) is 15.9. The molecule has 7 nitrogen and oxygen atoms in total. The number of benzene rings is 2. The van der Waals surface area contributed by atoms with Crippen LogP contribution in [0.2, 0.25) is 0 Å². The molecule has 4 N–H and O–H groups in total. The molecule has 27 heavy (non-hydrogen) atoms. The third kappa shape index (κ3) is 4.60. The van der Waals surface area contributed by atoms with Gasteiger partial charge in [-0.15, -0.1) is 11.8 Å². The standard InChI is InChI=1S/C19H22N4O3S/c1-26-17-10-13(27-2)8-9-14(17)18(24)22-23-19(25)16-11-15(20-21-16)12-6-4-3-5-7-12/h3-10,15-16,20-21H,11H2,1-2H3,(H,22,24)(H,23,25). The van der Waals surface area contributed by atoms with Crippen LogP contribution in [0.5, 0.6) is 5.75 Å². The largest absolute Gasteiger partial charge is 0.496 e. The number of hydrazine groups is 2. The molecule has 1 saturated heterocycles. The highest BCUT2D eigenvalue weighted by atomic mass is 32.2. The average Bonchev–Trinajstić information content (AvgIpc) is 3.22. The molecule has 0 radical (unpaired) electrons. The number of carbonyl (C=O) groups excluding carboxylic acids is 2. The van der Waals surface area contributed by atoms with Gasteiger partial charge in [0.2, 0.25) is 0 Å². The molecule has 2 aromatic rings. The van der Waals surface area contributed by atoms with E-state index in [1.54, 1.807) is 23.9 Å². The molecule has 0 spiro atoms. The maximum Gasteiger partial charge on any atom is 0.273 e. The molecule has 0 aromatic heterocycles. The highest BCUT2D eigenvalue weighted by Gasteiger charge is 2.30. The minimum absolute atomic E-state index is 0.0387. The summed E-state index contributed by atoms with van der Waals surface area (Å²) in [5.41, 5.74) is 12.5. The number of methoxy groups -OCH3 is 1. The number of ether oxygens (including phenoxy) is 1. The predicted octanol–water partition coefficient (Wildman–Crippen LogP) is 1.79. The molecule has 1 fully saturated rings. The van der Waals surface area contributed by atoms with Gasteiger partial charge in [0.05, 0.1) is 12.7 Å². The predicted molar refractivity (Wildman–Crippen MR) is 104 cm³/mol. The first-order chi connectivity index (χ1) is 13.1. The lowest BCUT2D eigenvalue weighted by Crippen LogP contribution is -2.50. The van der Waals surface area contributed by atoms with Crippen LogP contribution in [0.3, 0.4) is 0 Å². The number of thioether (sulfide) groups is 1. The van der Waals surface area contributed by atoms with Crippen molar-refractivity contribution in [3.8, 4) is 5.75 Å². The smallest absolute Gasteiger partial charge is 0.273 e. The van der Waals surface area contributed by atoms with Gasteiger partial charge in [0, 0.05) is 10.9 Å². The van der Waals surface area contributed by atoms with Gasteiger partial charge < -0.3 is 4.74 Å². The van der Waals surface area contributed by atoms with Crippen molar-refractivity contribution in [2.24, 2.45) is 0 Å². The second-order valence-corrected chi connectivity index (χ2v) is 6.93. The van der Waals surface area contributed by atoms with E-state index in [0.29, 0.717) is 17.7 Å². The molecule has 1 heterocycles. The van der Waals surface area contributed by atoms with E-state index in [0.717, 1.165) is 10.5 Å². The van der Waals surface area contributed by atoms with Crippen LogP contribution in [-0.2, 0) is 4.79 Å². The summed E-state index contributed by atoms with van der Waals surface area (Å²) in [5.74, 6) is -0.286. The quantitative estimate of drug-likeness (QED) is 0.463. The van der Waals surface area contributed by atoms with Crippen molar-refractivity contribution in [3.05, 3.63) is 59.7 Å². The maximum atomic E-state index is 12.4. The van der Waals surface area contributed by atoms with Crippen molar-refractivity contribution in [3.63, 3.8) is 0 Å². The van der Waals surface area contributed by atoms with Crippen LogP contribution in [0.1, 0.15) is 28.4 Å². The molecule has 2 atom stereocenters. The molecule has 0 saturated carbocycles. The van der Waals surface area contributed by atoms with Crippen LogP contribution in [0.4, 0.5) is 0 Å². The van der Waals surface area contributed by atoms with E-state index >= 15 is 0 Å². The highest BCUT2D eigenvalue weighted by molar-refractivity contribution is 7.98. The van der Waals surface area contributed by atoms with E-state index in [4.69, 9.17) is 4.74 Å². The van der Waals surface area contributed by atoms with Gasteiger partial charge in [0.1, 0.15) is 11.8 Å². The van der Waals surface area contributed by atoms with Gasteiger partial charge >= 0.3 is 0 Å². The molecule has 2 aromatic carbocycles. The number of hydrogen-bond acceptors (Lipinski definition) is 6. The van der Waals surface area contributed by atoms with Crippen molar-refractivity contribution in [2.75, 3.05) is 13.4 Å². The summed E-state index contributed by atoms with van der Waals surface area (Å²) >= 11 is 1.56. The second-order valence-electron chi connectivity index (χ2n) is 6.05. The van der Waals surface area contributed by atoms with Gasteiger partial charge in [-0.1, -0.05) is 30.3 Å². The molecule has 1 aliphatic heterocycles. The van der Waals surface area contributed by atoms with E-state index in [-0.39, 0.29) is 11.9 Å². The van der Waals surface area contributed by atoms with Crippen LogP contribution >= 0.6 is 11.8 Å². The van der Waals surface area contributed by atoms with Crippen molar-refractivity contribution in [1.82, 2.24) is 21.7 Å². The fraction of sp³-hybridized carbons (Fsp3) is 0.263. The number of hydrogen-bond donors (Lipinski definition) is 4. The van der Waals surface area contributed by atoms with E-state index in [2.05, 4.69) is 21.7 Å². The molecule has 2 unspecified atom stereocenters. The van der Waals surface area contributed by atoms with E-state index < -0.39 is 11.9 Å². The van der Waals surface area contributed by atoms with E-state index in [1.807, 2.05) is 42.7 Å². The molecular weight excluding hydrogens is 364 g/mol. The summed E-state index contributed by atoms with van der Waals surface area (Å²) in [6.45, 7) is 0. The molecule has 0 aliphatic carbocycles. The van der Waals surface area contributed by atoms with Crippen LogP contribution < -0.4 is 26.4 Å². The Hall–Kier alpha value is -2.55. The summed E-state index contributed by atoms with van der Waals surface area (Å²) in [7, 11) is 1.51. The third-order valence-electron chi connectivity index (χ3n) is 4.37. The fourth-order valence-corrected chi connectivity index (χ4v) is 3.32. The molecule has 3 rings (SSSR count). The van der Waals surface area contributed by atoms with E-state index in [1.165, 1.54) is 7.11 Å². The SMILES string of the molecule is COc1cc(SC)ccc1C(=O)NNC(=O)C1CC(c2ccccc2)NN1. The monoisotopic (exact) mass is 386 g/mol. The van der Waals surface area contributed by atoms with Gasteiger partial charge in [-0.3, -0.25) is 20.4 Å². The maximum absolute atomic E-state index is 12.4. The van der Waals surface area contributed by atoms with Crippen LogP contribution in [0.25, 0.3) is 0 Å². The molecule has 0 bridgehead atoms. The highest BCUT2D eigenvalue weighted by Crippen LogP contribution is 2.25. The molecular formula is C19H22N4O3S. The summed E-state index contributed by atoms with van der Waals surface area (Å²) in [4.78, 5) is 25.7. The van der Waals surface area contributed by atoms with Crippen LogP contribution in [0, 0.1) is 0 Å². The van der Waals surface area contributed by atoms with Gasteiger partial charge in [0.15, 0.2) is 0 Å². The minimum Gasteiger partial charge on any atom is -0.496 e. The Kier molecular flexibility index (Phi) is 6.33. The Morgan fingerprint density at radius 3 is 2.59 bits per heavy atom. The Balaban J connectivity index is 1.56. The lowest BCUT2D eigenvalue weighted by Gasteiger charge is -2.13. The number of rotatable bonds is 5. The lowest BCUT2D eigenvalue weighted by molar-refractivity contribution is -0.123.